The van der Waals surface area contributed by atoms with Gasteiger partial charge in [0, 0.05) is 11.0 Å². The number of rotatable bonds is 5. The molecule has 0 aromatic heterocycles. The van der Waals surface area contributed by atoms with Crippen molar-refractivity contribution in [2.45, 2.75) is 11.4 Å². The minimum Gasteiger partial charge on any atom is -0.497 e. The normalized spacial score (nSPS) is 11.1. The second-order valence-electron chi connectivity index (χ2n) is 4.72. The molecule has 0 radical (unpaired) electrons. The van der Waals surface area contributed by atoms with Gasteiger partial charge >= 0.3 is 0 Å². The van der Waals surface area contributed by atoms with Crippen LogP contribution in [0.2, 0.25) is 0 Å². The second kappa shape index (κ2) is 7.12. The van der Waals surface area contributed by atoms with E-state index in [0.29, 0.717) is 10.2 Å². The number of carbonyl (C=O) groups is 1. The number of methoxy groups -OCH3 is 1. The monoisotopic (exact) mass is 398 g/mol. The Balaban J connectivity index is 2.17. The van der Waals surface area contributed by atoms with Crippen LogP contribution in [0.15, 0.2) is 51.8 Å². The number of nitrogens with two attached hydrogens (primary N) is 1. The maximum absolute atomic E-state index is 12.3. The molecule has 0 atom stereocenters. The average Bonchev–Trinajstić information content (AvgIpc) is 2.52. The number of sulfonamides is 1. The first-order valence-corrected chi connectivity index (χ1v) is 8.88. The molecule has 0 heterocycles. The molecule has 3 N–H and O–H groups in total. The van der Waals surface area contributed by atoms with Gasteiger partial charge in [-0.2, -0.15) is 0 Å². The number of benzene rings is 2. The van der Waals surface area contributed by atoms with Crippen LogP contribution in [0.4, 0.5) is 0 Å². The Morgan fingerprint density at radius 2 is 2.00 bits per heavy atom. The first kappa shape index (κ1) is 17.5. The Bertz CT molecular complexity index is 837. The highest BCUT2D eigenvalue weighted by molar-refractivity contribution is 9.10. The van der Waals surface area contributed by atoms with Crippen molar-refractivity contribution in [3.05, 3.63) is 58.1 Å². The molecular formula is C15H15BrN2O4S. The van der Waals surface area contributed by atoms with Gasteiger partial charge in [-0.05, 0) is 51.8 Å². The zero-order chi connectivity index (χ0) is 17.0. The van der Waals surface area contributed by atoms with Gasteiger partial charge in [-0.1, -0.05) is 12.1 Å². The first-order valence-electron chi connectivity index (χ1n) is 6.55. The summed E-state index contributed by atoms with van der Waals surface area (Å²) in [5, 5.41) is 7.81. The Kier molecular flexibility index (Phi) is 5.40. The standard InChI is InChI=1S/C15H15BrN2O4S/c1-22-11-4-2-3-10(7-11)9-18-15(19)13-8-12(23(17,20)21)5-6-14(13)16/h2-8H,9H2,1H3,(H,18,19)(H2,17,20,21). The number of nitrogens with one attached hydrogen (secondary N) is 1. The predicted octanol–water partition coefficient (Wildman–Crippen LogP) is 2.04. The van der Waals surface area contributed by atoms with E-state index >= 15 is 0 Å². The minimum absolute atomic E-state index is 0.118. The molecule has 8 heteroatoms. The fraction of sp³-hybridized carbons (Fsp3) is 0.133. The van der Waals surface area contributed by atoms with Crippen molar-refractivity contribution >= 4 is 31.9 Å². The summed E-state index contributed by atoms with van der Waals surface area (Å²) >= 11 is 3.23. The van der Waals surface area contributed by atoms with Crippen LogP contribution in [0.3, 0.4) is 0 Å². The second-order valence-corrected chi connectivity index (χ2v) is 7.14. The molecule has 23 heavy (non-hydrogen) atoms. The van der Waals surface area contributed by atoms with Crippen molar-refractivity contribution in [1.29, 1.82) is 0 Å². The highest BCUT2D eigenvalue weighted by atomic mass is 79.9. The smallest absolute Gasteiger partial charge is 0.252 e. The van der Waals surface area contributed by atoms with E-state index in [1.54, 1.807) is 19.2 Å². The number of carbonyl (C=O) groups excluding carboxylic acids is 1. The Morgan fingerprint density at radius 1 is 1.26 bits per heavy atom. The fourth-order valence-corrected chi connectivity index (χ4v) is 2.88. The molecule has 2 aromatic rings. The number of primary sulfonamides is 1. The van der Waals surface area contributed by atoms with E-state index in [2.05, 4.69) is 21.2 Å². The van der Waals surface area contributed by atoms with Crippen LogP contribution in [0.25, 0.3) is 0 Å². The number of hydrogen-bond donors (Lipinski definition) is 2. The Hall–Kier alpha value is -1.90. The molecule has 0 saturated heterocycles. The molecule has 0 aliphatic heterocycles. The van der Waals surface area contributed by atoms with Gasteiger partial charge in [-0.15, -0.1) is 0 Å². The summed E-state index contributed by atoms with van der Waals surface area (Å²) in [6, 6.07) is 11.3. The van der Waals surface area contributed by atoms with Gasteiger partial charge in [0.05, 0.1) is 17.6 Å². The summed E-state index contributed by atoms with van der Waals surface area (Å²) in [4.78, 5) is 12.1. The summed E-state index contributed by atoms with van der Waals surface area (Å²) in [5.74, 6) is 0.277. The van der Waals surface area contributed by atoms with Gasteiger partial charge < -0.3 is 10.1 Å². The van der Waals surface area contributed by atoms with Gasteiger partial charge in [-0.3, -0.25) is 4.79 Å². The van der Waals surface area contributed by atoms with E-state index in [1.165, 1.54) is 18.2 Å². The van der Waals surface area contributed by atoms with Crippen molar-refractivity contribution < 1.29 is 17.9 Å². The Morgan fingerprint density at radius 3 is 2.65 bits per heavy atom. The quantitative estimate of drug-likeness (QED) is 0.804. The molecule has 0 spiro atoms. The SMILES string of the molecule is COc1cccc(CNC(=O)c2cc(S(N)(=O)=O)ccc2Br)c1. The molecule has 1 amide bonds. The van der Waals surface area contributed by atoms with E-state index in [1.807, 2.05) is 12.1 Å². The van der Waals surface area contributed by atoms with Crippen molar-refractivity contribution in [3.63, 3.8) is 0 Å². The lowest BCUT2D eigenvalue weighted by molar-refractivity contribution is 0.0950. The summed E-state index contributed by atoms with van der Waals surface area (Å²) < 4.78 is 28.4. The first-order chi connectivity index (χ1) is 10.8. The van der Waals surface area contributed by atoms with Crippen molar-refractivity contribution in [2.24, 2.45) is 5.14 Å². The topological polar surface area (TPSA) is 98.5 Å². The zero-order valence-corrected chi connectivity index (χ0v) is 14.6. The molecule has 0 unspecified atom stereocenters. The van der Waals surface area contributed by atoms with Gasteiger partial charge in [-0.25, -0.2) is 13.6 Å². The Labute approximate surface area is 142 Å². The number of amides is 1. The van der Waals surface area contributed by atoms with Gasteiger partial charge in [0.25, 0.3) is 5.91 Å². The summed E-state index contributed by atoms with van der Waals surface area (Å²) in [5.41, 5.74) is 1.05. The average molecular weight is 399 g/mol. The lowest BCUT2D eigenvalue weighted by atomic mass is 10.2. The van der Waals surface area contributed by atoms with Crippen LogP contribution in [0.5, 0.6) is 5.75 Å². The van der Waals surface area contributed by atoms with Crippen LogP contribution in [-0.2, 0) is 16.6 Å². The predicted molar refractivity (Wildman–Crippen MR) is 89.7 cm³/mol. The molecular weight excluding hydrogens is 384 g/mol. The molecule has 2 aromatic carbocycles. The van der Waals surface area contributed by atoms with E-state index in [9.17, 15) is 13.2 Å². The van der Waals surface area contributed by atoms with Crippen LogP contribution in [0, 0.1) is 0 Å². The van der Waals surface area contributed by atoms with Crippen LogP contribution in [-0.4, -0.2) is 21.4 Å². The maximum atomic E-state index is 12.3. The third-order valence-electron chi connectivity index (χ3n) is 3.10. The third-order valence-corrected chi connectivity index (χ3v) is 4.70. The van der Waals surface area contributed by atoms with Crippen molar-refractivity contribution in [1.82, 2.24) is 5.32 Å². The maximum Gasteiger partial charge on any atom is 0.252 e. The van der Waals surface area contributed by atoms with Gasteiger partial charge in [0.2, 0.25) is 10.0 Å². The van der Waals surface area contributed by atoms with Crippen LogP contribution >= 0.6 is 15.9 Å². The van der Waals surface area contributed by atoms with E-state index in [0.717, 1.165) is 5.56 Å². The molecule has 0 saturated carbocycles. The number of halogens is 1. The summed E-state index contributed by atoms with van der Waals surface area (Å²) in [6.45, 7) is 0.280. The van der Waals surface area contributed by atoms with E-state index in [4.69, 9.17) is 9.88 Å². The van der Waals surface area contributed by atoms with Crippen molar-refractivity contribution in [2.75, 3.05) is 7.11 Å². The molecule has 0 aliphatic carbocycles. The summed E-state index contributed by atoms with van der Waals surface area (Å²) in [7, 11) is -2.31. The molecule has 0 aliphatic rings. The highest BCUT2D eigenvalue weighted by Gasteiger charge is 2.15. The van der Waals surface area contributed by atoms with Crippen molar-refractivity contribution in [3.8, 4) is 5.75 Å². The number of hydrogen-bond acceptors (Lipinski definition) is 4. The molecule has 122 valence electrons. The van der Waals surface area contributed by atoms with Gasteiger partial charge in [0.1, 0.15) is 5.75 Å². The largest absolute Gasteiger partial charge is 0.497 e. The fourth-order valence-electron chi connectivity index (χ4n) is 1.92. The molecule has 6 nitrogen and oxygen atoms in total. The number of ether oxygens (including phenoxy) is 1. The van der Waals surface area contributed by atoms with Crippen LogP contribution < -0.4 is 15.2 Å². The van der Waals surface area contributed by atoms with E-state index < -0.39 is 15.9 Å². The third kappa shape index (κ3) is 4.54. The molecule has 0 fully saturated rings. The van der Waals surface area contributed by atoms with Crippen LogP contribution in [0.1, 0.15) is 15.9 Å². The van der Waals surface area contributed by atoms with E-state index in [-0.39, 0.29) is 17.0 Å². The summed E-state index contributed by atoms with van der Waals surface area (Å²) in [6.07, 6.45) is 0. The highest BCUT2D eigenvalue weighted by Crippen LogP contribution is 2.20. The van der Waals surface area contributed by atoms with Gasteiger partial charge in [0.15, 0.2) is 0 Å². The zero-order valence-electron chi connectivity index (χ0n) is 12.2. The minimum atomic E-state index is -3.87. The lowest BCUT2D eigenvalue weighted by Crippen LogP contribution is -2.24. The lowest BCUT2D eigenvalue weighted by Gasteiger charge is -2.09. The molecule has 2 rings (SSSR count). The molecule has 0 bridgehead atoms.